The van der Waals surface area contributed by atoms with Gasteiger partial charge in [-0.25, -0.2) is 9.78 Å². The van der Waals surface area contributed by atoms with Gasteiger partial charge in [-0.05, 0) is 56.0 Å². The number of hydrogen-bond acceptors (Lipinski definition) is 6. The molecular weight excluding hydrogens is 496 g/mol. The number of carbonyl (C=O) groups excluding carboxylic acids is 2. The van der Waals surface area contributed by atoms with Gasteiger partial charge in [-0.2, -0.15) is 0 Å². The van der Waals surface area contributed by atoms with E-state index in [4.69, 9.17) is 9.47 Å². The summed E-state index contributed by atoms with van der Waals surface area (Å²) in [6.07, 6.45) is 0.689. The summed E-state index contributed by atoms with van der Waals surface area (Å²) in [4.78, 5) is 43.5. The van der Waals surface area contributed by atoms with E-state index >= 15 is 0 Å². The molecule has 1 aliphatic carbocycles. The molecule has 2 N–H and O–H groups in total. The Morgan fingerprint density at radius 1 is 1.18 bits per heavy atom. The summed E-state index contributed by atoms with van der Waals surface area (Å²) >= 11 is 0. The number of aromatic carboxylic acids is 1. The Kier molecular flexibility index (Phi) is 6.32. The van der Waals surface area contributed by atoms with Gasteiger partial charge in [0.25, 0.3) is 5.91 Å². The van der Waals surface area contributed by atoms with Gasteiger partial charge in [-0.1, -0.05) is 19.9 Å². The van der Waals surface area contributed by atoms with Crippen LogP contribution in [0.2, 0.25) is 0 Å². The zero-order valence-electron chi connectivity index (χ0n) is 23.1. The van der Waals surface area contributed by atoms with Crippen molar-refractivity contribution in [2.75, 3.05) is 7.11 Å². The lowest BCUT2D eigenvalue weighted by molar-refractivity contribution is -0.118. The van der Waals surface area contributed by atoms with Gasteiger partial charge >= 0.3 is 5.97 Å². The van der Waals surface area contributed by atoms with Crippen molar-refractivity contribution in [3.05, 3.63) is 76.2 Å². The van der Waals surface area contributed by atoms with Gasteiger partial charge in [-0.3, -0.25) is 9.59 Å². The molecule has 0 spiro atoms. The molecule has 5 rings (SSSR count). The first-order valence-corrected chi connectivity index (χ1v) is 13.1. The van der Waals surface area contributed by atoms with Crippen molar-refractivity contribution in [2.24, 2.45) is 11.3 Å². The van der Waals surface area contributed by atoms with Gasteiger partial charge in [-0.15, -0.1) is 0 Å². The van der Waals surface area contributed by atoms with Crippen LogP contribution in [-0.2, 0) is 14.3 Å². The van der Waals surface area contributed by atoms with Crippen LogP contribution in [0.1, 0.15) is 66.7 Å². The fourth-order valence-corrected chi connectivity index (χ4v) is 6.00. The highest BCUT2D eigenvalue weighted by Crippen LogP contribution is 2.53. The van der Waals surface area contributed by atoms with E-state index < -0.39 is 17.3 Å². The SMILES string of the molecule is [CH2+]C1(C)CC(=O)C2=C(C1)OC1=C(C(=O)N[C@@H]1C(C)C)[C@H]2c1c(OC)ccc(-c2ccc(C)c(C(=O)O)n2)c1C. The number of carboxylic acids is 1. The second-order valence-electron chi connectivity index (χ2n) is 11.5. The molecule has 3 atom stereocenters. The number of nitrogens with one attached hydrogen (secondary N) is 1. The Morgan fingerprint density at radius 2 is 1.90 bits per heavy atom. The van der Waals surface area contributed by atoms with Crippen molar-refractivity contribution >= 4 is 17.7 Å². The summed E-state index contributed by atoms with van der Waals surface area (Å²) in [5.41, 5.74) is 3.44. The molecule has 39 heavy (non-hydrogen) atoms. The molecule has 0 saturated heterocycles. The number of rotatable bonds is 5. The predicted octanol–water partition coefficient (Wildman–Crippen LogP) is 5.05. The quantitative estimate of drug-likeness (QED) is 0.521. The maximum Gasteiger partial charge on any atom is 0.354 e. The monoisotopic (exact) mass is 529 g/mol. The van der Waals surface area contributed by atoms with E-state index in [2.05, 4.69) is 17.2 Å². The smallest absolute Gasteiger partial charge is 0.354 e. The van der Waals surface area contributed by atoms with E-state index in [1.54, 1.807) is 32.2 Å². The number of allylic oxidation sites excluding steroid dienone is 2. The van der Waals surface area contributed by atoms with E-state index in [1.807, 2.05) is 33.8 Å². The fourth-order valence-electron chi connectivity index (χ4n) is 6.00. The standard InChI is InChI=1S/C31H32N2O6/c1-14(2)26-28-25(29(35)33-26)24(23-19(34)12-31(5,6)13-21(23)39-28)22-16(4)17(9-11-20(22)38-7)18-10-8-15(3)27(32-18)30(36)37/h8-11,14,24,26H,5,12-13H2,1-4,6-7H3,(H-,33,35,36,37)/p+1/t24-,26+,31?/m0/s1. The van der Waals surface area contributed by atoms with Gasteiger partial charge in [0.2, 0.25) is 0 Å². The normalized spacial score (nSPS) is 24.4. The lowest BCUT2D eigenvalue weighted by Gasteiger charge is -2.36. The van der Waals surface area contributed by atoms with Gasteiger partial charge in [0.15, 0.2) is 11.5 Å². The lowest BCUT2D eigenvalue weighted by atomic mass is 9.68. The van der Waals surface area contributed by atoms with Crippen LogP contribution >= 0.6 is 0 Å². The molecule has 1 aromatic heterocycles. The van der Waals surface area contributed by atoms with E-state index in [9.17, 15) is 19.5 Å². The topological polar surface area (TPSA) is 115 Å². The van der Waals surface area contributed by atoms with Gasteiger partial charge in [0.05, 0.1) is 50.1 Å². The van der Waals surface area contributed by atoms with Gasteiger partial charge in [0, 0.05) is 16.7 Å². The number of pyridine rings is 1. The molecule has 1 aromatic carbocycles. The van der Waals surface area contributed by atoms with Crippen molar-refractivity contribution in [3.63, 3.8) is 0 Å². The number of ether oxygens (including phenoxy) is 2. The predicted molar refractivity (Wildman–Crippen MR) is 145 cm³/mol. The Morgan fingerprint density at radius 3 is 2.54 bits per heavy atom. The number of nitrogens with zero attached hydrogens (tertiary/aromatic N) is 1. The highest BCUT2D eigenvalue weighted by molar-refractivity contribution is 6.07. The molecule has 2 aliphatic heterocycles. The summed E-state index contributed by atoms with van der Waals surface area (Å²) in [7, 11) is 1.55. The number of methoxy groups -OCH3 is 1. The van der Waals surface area contributed by atoms with Crippen molar-refractivity contribution in [2.45, 2.75) is 59.4 Å². The van der Waals surface area contributed by atoms with E-state index in [-0.39, 0.29) is 35.8 Å². The molecule has 202 valence electrons. The molecule has 8 heteroatoms. The number of ketones is 1. The number of benzene rings is 1. The number of hydrogen-bond donors (Lipinski definition) is 2. The minimum atomic E-state index is -1.11. The largest absolute Gasteiger partial charge is 0.496 e. The number of Topliss-reactive ketones (excluding diaryl/α,β-unsaturated/α-hetero) is 1. The highest BCUT2D eigenvalue weighted by atomic mass is 16.5. The molecule has 3 heterocycles. The van der Waals surface area contributed by atoms with E-state index in [1.165, 1.54) is 0 Å². The first kappa shape index (κ1) is 26.5. The first-order chi connectivity index (χ1) is 18.3. The average molecular weight is 530 g/mol. The molecule has 3 aliphatic rings. The van der Waals surface area contributed by atoms with Crippen LogP contribution in [0.15, 0.2) is 46.9 Å². The summed E-state index contributed by atoms with van der Waals surface area (Å²) in [5, 5.41) is 12.7. The number of aromatic nitrogens is 1. The van der Waals surface area contributed by atoms with Crippen LogP contribution < -0.4 is 10.1 Å². The van der Waals surface area contributed by atoms with Crippen LogP contribution in [0.25, 0.3) is 11.3 Å². The van der Waals surface area contributed by atoms with Gasteiger partial charge < -0.3 is 19.9 Å². The van der Waals surface area contributed by atoms with Crippen molar-refractivity contribution in [1.29, 1.82) is 0 Å². The molecule has 0 fully saturated rings. The maximum absolute atomic E-state index is 13.7. The molecule has 1 unspecified atom stereocenters. The Balaban J connectivity index is 1.79. The molecule has 0 bridgehead atoms. The second-order valence-corrected chi connectivity index (χ2v) is 11.5. The number of carboxylic acid groups (broad SMARTS) is 1. The zero-order valence-corrected chi connectivity index (χ0v) is 23.1. The number of amides is 1. The van der Waals surface area contributed by atoms with Crippen LogP contribution in [0.4, 0.5) is 0 Å². The summed E-state index contributed by atoms with van der Waals surface area (Å²) in [6, 6.07) is 6.77. The Labute approximate surface area is 228 Å². The second kappa shape index (κ2) is 9.29. The summed E-state index contributed by atoms with van der Waals surface area (Å²) < 4.78 is 12.2. The van der Waals surface area contributed by atoms with Crippen LogP contribution in [0.5, 0.6) is 5.75 Å². The minimum absolute atomic E-state index is 0.0301. The Hall–Kier alpha value is -4.07. The molecule has 0 radical (unpaired) electrons. The minimum Gasteiger partial charge on any atom is -0.496 e. The molecule has 1 amide bonds. The maximum atomic E-state index is 13.7. The van der Waals surface area contributed by atoms with Crippen molar-refractivity contribution < 1.29 is 29.0 Å². The molecular formula is C31H33N2O6+. The van der Waals surface area contributed by atoms with E-state index in [0.717, 1.165) is 5.56 Å². The third kappa shape index (κ3) is 4.28. The molecule has 0 saturated carbocycles. The number of carbonyl (C=O) groups is 3. The Bertz CT molecular complexity index is 1490. The van der Waals surface area contributed by atoms with Crippen molar-refractivity contribution in [1.82, 2.24) is 10.3 Å². The zero-order chi connectivity index (χ0) is 28.4. The first-order valence-electron chi connectivity index (χ1n) is 13.1. The van der Waals surface area contributed by atoms with Gasteiger partial charge in [0.1, 0.15) is 22.7 Å². The lowest BCUT2D eigenvalue weighted by Crippen LogP contribution is -2.34. The molecule has 8 nitrogen and oxygen atoms in total. The third-order valence-corrected chi connectivity index (χ3v) is 7.89. The van der Waals surface area contributed by atoms with Crippen LogP contribution in [0.3, 0.4) is 0 Å². The van der Waals surface area contributed by atoms with E-state index in [0.29, 0.717) is 57.2 Å². The highest BCUT2D eigenvalue weighted by Gasteiger charge is 2.52. The van der Waals surface area contributed by atoms with Crippen molar-refractivity contribution in [3.8, 4) is 17.0 Å². The summed E-state index contributed by atoms with van der Waals surface area (Å²) in [5.74, 6) is -0.541. The third-order valence-electron chi connectivity index (χ3n) is 7.89. The number of aryl methyl sites for hydroxylation is 1. The molecule has 2 aromatic rings. The fraction of sp³-hybridized carbons (Fsp3) is 0.387. The average Bonchev–Trinajstić information content (AvgIpc) is 3.18. The van der Waals surface area contributed by atoms with Crippen LogP contribution in [-0.4, -0.2) is 40.9 Å². The summed E-state index contributed by atoms with van der Waals surface area (Å²) in [6.45, 7) is 13.8. The van der Waals surface area contributed by atoms with Crippen LogP contribution in [0, 0.1) is 32.1 Å².